The van der Waals surface area contributed by atoms with Crippen molar-refractivity contribution in [1.29, 1.82) is 0 Å². The van der Waals surface area contributed by atoms with E-state index in [1.54, 1.807) is 43.6 Å². The molecule has 8 aliphatic heterocycles. The number of nitrogens with two attached hydrogens (primary N) is 6. The largest absolute Gasteiger partial charge is 0.476 e. The van der Waals surface area contributed by atoms with E-state index >= 15 is 0 Å². The predicted octanol–water partition coefficient (Wildman–Crippen LogP) is 2.21. The van der Waals surface area contributed by atoms with Crippen molar-refractivity contribution in [1.82, 2.24) is 97.2 Å². The van der Waals surface area contributed by atoms with Crippen LogP contribution in [0.25, 0.3) is 44.7 Å². The topological polar surface area (TPSA) is 772 Å². The van der Waals surface area contributed by atoms with Gasteiger partial charge in [0.2, 0.25) is 35.4 Å². The van der Waals surface area contributed by atoms with Gasteiger partial charge in [-0.3, -0.25) is 69.1 Å². The zero-order chi connectivity index (χ0) is 101. The van der Waals surface area contributed by atoms with Crippen LogP contribution >= 0.6 is 47.7 Å². The first kappa shape index (κ1) is 120. The maximum absolute atomic E-state index is 13.4. The van der Waals surface area contributed by atoms with E-state index in [1.165, 1.54) is 63.1 Å². The molecule has 0 spiro atoms. The fourth-order valence-electron chi connectivity index (χ4n) is 21.2. The number of hydrogen-bond acceptors (Lipinski definition) is 49. The number of fused-ring (bicyclic) bond motifs is 14. The molecule has 13 aliphatic rings. The number of halogens is 1. The number of aliphatic hydroxyl groups is 5. The Kier molecular flexibility index (Phi) is 39.5. The molecule has 5 radical (unpaired) electrons. The van der Waals surface area contributed by atoms with Crippen molar-refractivity contribution in [3.63, 3.8) is 0 Å². The van der Waals surface area contributed by atoms with E-state index in [4.69, 9.17) is 109 Å². The number of rotatable bonds is 25. The van der Waals surface area contributed by atoms with Crippen LogP contribution in [0.15, 0.2) is 64.5 Å². The summed E-state index contributed by atoms with van der Waals surface area (Å²) in [5, 5.41) is 52.7. The monoisotopic (exact) mass is 2550 g/mol. The van der Waals surface area contributed by atoms with Gasteiger partial charge in [0, 0.05) is 239 Å². The molecule has 147 heavy (non-hydrogen) atoms. The quantitative estimate of drug-likeness (QED) is 0.0365. The number of H-pyrrole nitrogens is 1. The van der Waals surface area contributed by atoms with E-state index in [9.17, 15) is 71.7 Å². The molecule has 18 heterocycles. The average Bonchev–Trinajstić information content (AvgIpc) is 1.53. The third-order valence-corrected chi connectivity index (χ3v) is 31.9. The second-order valence-corrected chi connectivity index (χ2v) is 45.1. The second-order valence-electron chi connectivity index (χ2n) is 36.8. The summed E-state index contributed by atoms with van der Waals surface area (Å²) in [5.41, 5.74) is 30.6. The van der Waals surface area contributed by atoms with Gasteiger partial charge in [0.25, 0.3) is 5.56 Å². The van der Waals surface area contributed by atoms with Crippen LogP contribution in [-0.4, -0.2) is 298 Å². The molecule has 5 saturated carbocycles. The van der Waals surface area contributed by atoms with Gasteiger partial charge >= 0.3 is 19.0 Å². The van der Waals surface area contributed by atoms with Gasteiger partial charge < -0.3 is 130 Å². The molecule has 0 aromatic carbocycles. The molecule has 10 aromatic heterocycles. The Bertz CT molecular complexity index is 6840. The van der Waals surface area contributed by atoms with E-state index in [0.717, 1.165) is 30.0 Å². The predicted molar refractivity (Wildman–Crippen MR) is 499 cm³/mol. The van der Waals surface area contributed by atoms with Gasteiger partial charge in [0.15, 0.2) is 91.6 Å². The molecular weight excluding hydrogens is 2440 g/mol. The van der Waals surface area contributed by atoms with Crippen molar-refractivity contribution in [2.45, 2.75) is 192 Å². The summed E-state index contributed by atoms with van der Waals surface area (Å²) in [6, 6.07) is 1.51. The van der Waals surface area contributed by atoms with E-state index in [-0.39, 0.29) is 256 Å². The molecule has 68 heteroatoms. The Morgan fingerprint density at radius 1 is 0.456 bits per heavy atom. The fraction of sp³-hybridized carbons (Fsp3) is 0.646. The zero-order valence-corrected chi connectivity index (χ0v) is 101. The molecule has 30 atom stereocenters. The smallest absolute Gasteiger partial charge is 0.351 e. The minimum Gasteiger partial charge on any atom is -0.476 e. The number of aromatic amines is 1. The Hall–Kier alpha value is -3.77. The summed E-state index contributed by atoms with van der Waals surface area (Å²) in [7, 11) is -13.7. The number of imidazole rings is 4. The summed E-state index contributed by atoms with van der Waals surface area (Å²) in [4.78, 5) is 90.5. The first-order chi connectivity index (χ1) is 67.6. The molecule has 0 amide bonds. The van der Waals surface area contributed by atoms with Gasteiger partial charge in [-0.1, -0.05) is 0 Å². The second kappa shape index (κ2) is 48.3. The fourth-order valence-corrected chi connectivity index (χ4v) is 24.6. The first-order valence-corrected chi connectivity index (χ1v) is 56.6. The SMILES string of the molecule is CCOc1nc(N)nc2c1ncn2[C@@H]1O[C@@]2(CO[PH](C)=O)CC[C@@H]1[C@@H]2O.CCOc1nc(N)nc2c1ncn2[C@@H]1O[C@@]23CO[C@@H]1[C@@H]2OP(C)(=O)OC3.C[PH](=O)OC[C@@]12CC[C@@H]([C@H](n3cc(F)c(=O)[nH]c3=O)O1)[C@@H]2O.C[PH](=O)OC[C@@]12CC[C@@H]([C@H](n3ccc(N)nc3=O)O1)[C@@H]2O.C[PH](=O)OC[C@@]12CC[C@@H]([C@H](n3cnc4c(N)nc(N)nc43)O1)[C@@H]2O.C[PH](=O)OC[C@@]12CC[C@@H]([C@H](n3cnc4c(N)ncnc43)O1)[C@@H]2O.[Y].[Y].[Y].[Y].[Y]. The minimum atomic E-state index is -3.12. The van der Waals surface area contributed by atoms with Crippen LogP contribution in [-0.2, 0) is 256 Å². The summed E-state index contributed by atoms with van der Waals surface area (Å²) in [6.45, 7) is 14.2. The number of nitrogen functional groups attached to an aromatic ring is 6. The van der Waals surface area contributed by atoms with Crippen molar-refractivity contribution >= 4 is 128 Å². The molecular formula is C79H111FN26O30P6Y5. The van der Waals surface area contributed by atoms with Crippen LogP contribution in [0, 0.1) is 35.4 Å². The maximum atomic E-state index is 13.4. The third kappa shape index (κ3) is 23.5. The van der Waals surface area contributed by atoms with Gasteiger partial charge in [0.05, 0.1) is 121 Å². The van der Waals surface area contributed by atoms with Gasteiger partial charge in [-0.05, 0) is 84.1 Å². The Morgan fingerprint density at radius 2 is 0.810 bits per heavy atom. The number of anilines is 6. The molecule has 6 unspecified atom stereocenters. The van der Waals surface area contributed by atoms with Gasteiger partial charge in [-0.25, -0.2) is 39.5 Å². The number of nitrogens with one attached hydrogen (secondary N) is 1. The molecule has 13 fully saturated rings. The van der Waals surface area contributed by atoms with Gasteiger partial charge in [-0.15, -0.1) is 0 Å². The van der Waals surface area contributed by atoms with E-state index in [2.05, 4.69) is 64.8 Å². The summed E-state index contributed by atoms with van der Waals surface area (Å²) in [6.07, 6.45) is 8.53. The van der Waals surface area contributed by atoms with Gasteiger partial charge in [0.1, 0.15) is 100 Å². The van der Waals surface area contributed by atoms with E-state index in [0.29, 0.717) is 127 Å². The van der Waals surface area contributed by atoms with Crippen LogP contribution in [0.1, 0.15) is 115 Å². The number of ether oxygens (including phenoxy) is 9. The zero-order valence-electron chi connectivity index (χ0n) is 80.6. The van der Waals surface area contributed by atoms with Crippen molar-refractivity contribution in [2.75, 3.05) is 134 Å². The number of nitrogens with zero attached hydrogens (tertiary/aromatic N) is 19. The molecule has 12 bridgehead atoms. The molecule has 10 aromatic rings. The number of aliphatic hydroxyl groups excluding tert-OH is 5. The van der Waals surface area contributed by atoms with Crippen LogP contribution in [0.3, 0.4) is 0 Å². The molecule has 789 valence electrons. The normalized spacial score (nSPS) is 33.6. The van der Waals surface area contributed by atoms with Crippen LogP contribution in [0.5, 0.6) is 11.8 Å². The number of hydrogen-bond donors (Lipinski definition) is 12. The van der Waals surface area contributed by atoms with Crippen LogP contribution in [0.2, 0.25) is 0 Å². The van der Waals surface area contributed by atoms with E-state index in [1.807, 2.05) is 18.8 Å². The molecule has 18 N–H and O–H groups in total. The molecule has 23 rings (SSSR count). The first-order valence-electron chi connectivity index (χ1n) is 45.5. The third-order valence-electron chi connectivity index (χ3n) is 27.9. The Balaban J connectivity index is 0.000000147. The standard InChI is InChI=1S/C15H22N5O5P.C14H18N5O6P.C13H19N6O4P.C13H18N5O4P.C12H16FN2O6P.C12H18N3O5P.5Y/c1-3-23-12-9-11(18-14(16)19-12)20(7-17-9)13-8-4-5-15(25-13,10(8)21)6-24-26(2)22;1-3-21-11-7-10(17-13(15)18-11)19(6-16-7)12-8-9-14(24-12,4-22-8)5-23-26(2,20)25-9;1-24(21)22-4-13-3-2-6(8(13)20)11(23-13)19-5-16-7-9(14)17-12(15)18-10(7)19;1-23(20)21-4-13-3-2-7(9(13)19)12(22-13)18-6-17-8-10(14)15-5-16-11(8)18;1-22(19)20-5-12-3-2-6(8(12)16)10(21-12)15-4-7(13)9(17)14-11(15)18;1-21(18)19-6-12-4-2-7(9(12)16)10(20-12)15-5-3-8(13)14-11(15)17;;;;;/h7-8,10,13,21,26H,3-6H2,1-2H3,(H2,16,18,19);6,8-9,12H,3-5H2,1-2H3,(H2,15,17,18);5-6,8,11,20,24H,2-4H2,1H3,(H4,14,15,17,18);5-7,9,12,19,23H,2-4H2,1H3,(H2,14,15,16);4,6,8,10,16,22H,2-3,5H2,1H3,(H,14,17,18);3,5,7,9-10,16,21H,2,4,6H2,1H3,(H2,13,14,17);;;;;/t8-,10+,13-,15-;8-,9+,12-,14-,26?;6-,8+,11-,13-;7-,9+,12-,13-;6-,8+,10-,12-;7-,9+,10-,12-;;;;;/m111111...../s1. The van der Waals surface area contributed by atoms with Crippen molar-refractivity contribution in [3.05, 3.63) is 87.2 Å². The van der Waals surface area contributed by atoms with Crippen molar-refractivity contribution in [3.8, 4) is 11.8 Å². The van der Waals surface area contributed by atoms with Crippen LogP contribution < -0.4 is 60.8 Å². The maximum Gasteiger partial charge on any atom is 0.351 e. The van der Waals surface area contributed by atoms with Gasteiger partial charge in [-0.2, -0.15) is 39.3 Å². The average molecular weight is 2550 g/mol. The van der Waals surface area contributed by atoms with Crippen molar-refractivity contribution < 1.29 is 295 Å². The van der Waals surface area contributed by atoms with Crippen molar-refractivity contribution in [2.24, 2.45) is 29.6 Å². The summed E-state index contributed by atoms with van der Waals surface area (Å²) >= 11 is 0. The van der Waals surface area contributed by atoms with Crippen LogP contribution in [0.4, 0.5) is 39.7 Å². The number of aromatic nitrogens is 20. The summed E-state index contributed by atoms with van der Waals surface area (Å²) < 4.78 is 182. The minimum absolute atomic E-state index is 0. The molecule has 8 saturated heterocycles. The Labute approximate surface area is 963 Å². The molecule has 56 nitrogen and oxygen atoms in total. The molecule has 5 aliphatic carbocycles. The summed E-state index contributed by atoms with van der Waals surface area (Å²) in [5.74, 6) is -0.638. The van der Waals surface area contributed by atoms with E-state index < -0.39 is 190 Å². The Morgan fingerprint density at radius 3 is 1.20 bits per heavy atom.